The fourth-order valence-electron chi connectivity index (χ4n) is 2.15. The van der Waals surface area contributed by atoms with Crippen molar-refractivity contribution in [3.63, 3.8) is 0 Å². The topological polar surface area (TPSA) is 21.3 Å². The van der Waals surface area contributed by atoms with Gasteiger partial charge in [0.05, 0.1) is 7.11 Å². The van der Waals surface area contributed by atoms with E-state index in [0.29, 0.717) is 5.75 Å². The van der Waals surface area contributed by atoms with Gasteiger partial charge in [0.2, 0.25) is 0 Å². The Balaban J connectivity index is 2.20. The minimum absolute atomic E-state index is 0.183. The molecule has 1 aromatic carbocycles. The van der Waals surface area contributed by atoms with Gasteiger partial charge in [0, 0.05) is 17.3 Å². The molecule has 2 aromatic rings. The highest BCUT2D eigenvalue weighted by Gasteiger charge is 2.14. The van der Waals surface area contributed by atoms with Crippen LogP contribution in [0, 0.1) is 5.82 Å². The second kappa shape index (κ2) is 7.41. The van der Waals surface area contributed by atoms with Gasteiger partial charge in [0.1, 0.15) is 0 Å². The Morgan fingerprint density at radius 3 is 2.85 bits per heavy atom. The average molecular weight is 293 g/mol. The summed E-state index contributed by atoms with van der Waals surface area (Å²) in [5.41, 5.74) is 1.06. The second-order valence-corrected chi connectivity index (χ2v) is 5.72. The number of benzene rings is 1. The monoisotopic (exact) mass is 293 g/mol. The molecule has 1 N–H and O–H groups in total. The van der Waals surface area contributed by atoms with E-state index in [0.717, 1.165) is 24.9 Å². The van der Waals surface area contributed by atoms with E-state index in [1.807, 2.05) is 6.07 Å². The largest absolute Gasteiger partial charge is 0.494 e. The predicted octanol–water partition coefficient (Wildman–Crippen LogP) is 4.18. The van der Waals surface area contributed by atoms with Gasteiger partial charge in [-0.25, -0.2) is 4.39 Å². The van der Waals surface area contributed by atoms with Crippen LogP contribution in [0.3, 0.4) is 0 Å². The first-order valence-corrected chi connectivity index (χ1v) is 7.71. The maximum atomic E-state index is 13.5. The molecule has 4 heteroatoms. The molecule has 1 aromatic heterocycles. The zero-order valence-corrected chi connectivity index (χ0v) is 12.7. The molecule has 0 aliphatic rings. The summed E-state index contributed by atoms with van der Waals surface area (Å²) in [5.74, 6) is -0.0152. The first-order valence-electron chi connectivity index (χ1n) is 6.83. The second-order valence-electron chi connectivity index (χ2n) is 4.68. The van der Waals surface area contributed by atoms with Crippen molar-refractivity contribution in [1.29, 1.82) is 0 Å². The molecule has 1 unspecified atom stereocenters. The maximum Gasteiger partial charge on any atom is 0.165 e. The molecule has 0 amide bonds. The van der Waals surface area contributed by atoms with Gasteiger partial charge in [-0.15, -0.1) is 11.3 Å². The molecule has 0 radical (unpaired) electrons. The molecule has 0 saturated carbocycles. The van der Waals surface area contributed by atoms with E-state index >= 15 is 0 Å². The Morgan fingerprint density at radius 2 is 2.20 bits per heavy atom. The molecular weight excluding hydrogens is 273 g/mol. The molecule has 0 bridgehead atoms. The lowest BCUT2D eigenvalue weighted by Crippen LogP contribution is -2.23. The number of halogens is 1. The summed E-state index contributed by atoms with van der Waals surface area (Å²) in [6, 6.07) is 9.47. The lowest BCUT2D eigenvalue weighted by molar-refractivity contribution is 0.384. The van der Waals surface area contributed by atoms with Gasteiger partial charge < -0.3 is 10.1 Å². The van der Waals surface area contributed by atoms with Crippen LogP contribution in [0.2, 0.25) is 0 Å². The number of rotatable bonds is 7. The number of nitrogens with one attached hydrogen (secondary N) is 1. The van der Waals surface area contributed by atoms with E-state index in [1.54, 1.807) is 17.4 Å². The minimum atomic E-state index is -0.318. The van der Waals surface area contributed by atoms with Crippen molar-refractivity contribution in [3.05, 3.63) is 52.0 Å². The maximum absolute atomic E-state index is 13.5. The molecule has 0 aliphatic heterocycles. The predicted molar refractivity (Wildman–Crippen MR) is 82.0 cm³/mol. The number of hydrogen-bond donors (Lipinski definition) is 1. The summed E-state index contributed by atoms with van der Waals surface area (Å²) in [4.78, 5) is 1.32. The molecule has 0 aliphatic carbocycles. The first-order chi connectivity index (χ1) is 9.74. The van der Waals surface area contributed by atoms with E-state index < -0.39 is 0 Å². The van der Waals surface area contributed by atoms with E-state index in [4.69, 9.17) is 4.74 Å². The molecule has 108 valence electrons. The minimum Gasteiger partial charge on any atom is -0.494 e. The highest BCUT2D eigenvalue weighted by atomic mass is 32.1. The molecule has 0 saturated heterocycles. The van der Waals surface area contributed by atoms with Crippen LogP contribution < -0.4 is 10.1 Å². The van der Waals surface area contributed by atoms with Gasteiger partial charge in [-0.2, -0.15) is 0 Å². The molecular formula is C16H20FNOS. The Morgan fingerprint density at radius 1 is 1.35 bits per heavy atom. The quantitative estimate of drug-likeness (QED) is 0.827. The highest BCUT2D eigenvalue weighted by molar-refractivity contribution is 7.09. The van der Waals surface area contributed by atoms with Crippen molar-refractivity contribution in [2.45, 2.75) is 25.8 Å². The van der Waals surface area contributed by atoms with E-state index in [9.17, 15) is 4.39 Å². The standard InChI is InChI=1S/C16H20FNOS/c1-3-8-18-15(11-13-5-4-9-20-13)12-6-7-14(17)16(10-12)19-2/h4-7,9-10,15,18H,3,8,11H2,1-2H3. The van der Waals surface area contributed by atoms with Crippen molar-refractivity contribution in [1.82, 2.24) is 5.32 Å². The van der Waals surface area contributed by atoms with Crippen molar-refractivity contribution >= 4 is 11.3 Å². The fourth-order valence-corrected chi connectivity index (χ4v) is 2.90. The van der Waals surface area contributed by atoms with Crippen LogP contribution in [0.25, 0.3) is 0 Å². The molecule has 1 heterocycles. The van der Waals surface area contributed by atoms with Crippen LogP contribution in [-0.2, 0) is 6.42 Å². The summed E-state index contributed by atoms with van der Waals surface area (Å²) in [6.07, 6.45) is 1.98. The molecule has 2 nitrogen and oxygen atoms in total. The Kier molecular flexibility index (Phi) is 5.56. The van der Waals surface area contributed by atoms with E-state index in [1.165, 1.54) is 18.1 Å². The smallest absolute Gasteiger partial charge is 0.165 e. The molecule has 1 atom stereocenters. The third-order valence-corrected chi connectivity index (χ3v) is 4.10. The fraction of sp³-hybridized carbons (Fsp3) is 0.375. The van der Waals surface area contributed by atoms with E-state index in [-0.39, 0.29) is 11.9 Å². The lowest BCUT2D eigenvalue weighted by Gasteiger charge is -2.19. The van der Waals surface area contributed by atoms with Crippen LogP contribution in [0.1, 0.15) is 29.8 Å². The van der Waals surface area contributed by atoms with Gasteiger partial charge in [0.15, 0.2) is 11.6 Å². The van der Waals surface area contributed by atoms with Crippen molar-refractivity contribution < 1.29 is 9.13 Å². The summed E-state index contributed by atoms with van der Waals surface area (Å²) < 4.78 is 18.6. The van der Waals surface area contributed by atoms with Gasteiger partial charge in [-0.3, -0.25) is 0 Å². The van der Waals surface area contributed by atoms with Crippen LogP contribution in [0.5, 0.6) is 5.75 Å². The zero-order chi connectivity index (χ0) is 14.4. The summed E-state index contributed by atoms with van der Waals surface area (Å²) >= 11 is 1.75. The number of ether oxygens (including phenoxy) is 1. The highest BCUT2D eigenvalue weighted by Crippen LogP contribution is 2.26. The van der Waals surface area contributed by atoms with Gasteiger partial charge in [0.25, 0.3) is 0 Å². The molecule has 20 heavy (non-hydrogen) atoms. The molecule has 0 fully saturated rings. The van der Waals surface area contributed by atoms with Crippen molar-refractivity contribution in [2.75, 3.05) is 13.7 Å². The average Bonchev–Trinajstić information content (AvgIpc) is 2.97. The van der Waals surface area contributed by atoms with Crippen molar-refractivity contribution in [2.24, 2.45) is 0 Å². The SMILES string of the molecule is CCCNC(Cc1cccs1)c1ccc(F)c(OC)c1. The lowest BCUT2D eigenvalue weighted by atomic mass is 10.0. The van der Waals surface area contributed by atoms with Crippen LogP contribution in [-0.4, -0.2) is 13.7 Å². The Hall–Kier alpha value is -1.39. The Labute approximate surface area is 123 Å². The van der Waals surface area contributed by atoms with E-state index in [2.05, 4.69) is 29.8 Å². The zero-order valence-electron chi connectivity index (χ0n) is 11.9. The van der Waals surface area contributed by atoms with Gasteiger partial charge in [-0.1, -0.05) is 19.1 Å². The number of hydrogen-bond acceptors (Lipinski definition) is 3. The van der Waals surface area contributed by atoms with Crippen molar-refractivity contribution in [3.8, 4) is 5.75 Å². The first kappa shape index (κ1) is 15.0. The Bertz CT molecular complexity index is 527. The van der Waals surface area contributed by atoms with Crippen LogP contribution in [0.4, 0.5) is 4.39 Å². The number of methoxy groups -OCH3 is 1. The normalized spacial score (nSPS) is 12.3. The molecule has 0 spiro atoms. The van der Waals surface area contributed by atoms with Crippen LogP contribution in [0.15, 0.2) is 35.7 Å². The third kappa shape index (κ3) is 3.81. The summed E-state index contributed by atoms with van der Waals surface area (Å²) in [5, 5.41) is 5.60. The third-order valence-electron chi connectivity index (χ3n) is 3.20. The summed E-state index contributed by atoms with van der Waals surface area (Å²) in [6.45, 7) is 3.08. The van der Waals surface area contributed by atoms with Crippen LogP contribution >= 0.6 is 11.3 Å². The molecule has 2 rings (SSSR count). The van der Waals surface area contributed by atoms with Gasteiger partial charge >= 0.3 is 0 Å². The number of thiophene rings is 1. The summed E-state index contributed by atoms with van der Waals surface area (Å²) in [7, 11) is 1.50. The van der Waals surface area contributed by atoms with Gasteiger partial charge in [-0.05, 0) is 42.1 Å².